The van der Waals surface area contributed by atoms with Crippen LogP contribution in [0.1, 0.15) is 12.0 Å². The molecule has 1 aromatic carbocycles. The molecule has 6 heteroatoms. The molecule has 6 nitrogen and oxygen atoms in total. The summed E-state index contributed by atoms with van der Waals surface area (Å²) in [4.78, 5) is 36.9. The number of ether oxygens (including phenoxy) is 1. The summed E-state index contributed by atoms with van der Waals surface area (Å²) >= 11 is 0. The van der Waals surface area contributed by atoms with Gasteiger partial charge in [0.05, 0.1) is 11.8 Å². The zero-order chi connectivity index (χ0) is 16.8. The smallest absolute Gasteiger partial charge is 0.276 e. The van der Waals surface area contributed by atoms with Crippen molar-refractivity contribution in [3.05, 3.63) is 42.0 Å². The SMILES string of the molecule is Cc1ccc(OCC(=O)NN2C(=O)[C@@H]3[C@H](C2=O)[C@@H]2C=C[C@H]3C2)cc1. The minimum Gasteiger partial charge on any atom is -0.484 e. The molecule has 4 atom stereocenters. The van der Waals surface area contributed by atoms with Crippen LogP contribution in [0.25, 0.3) is 0 Å². The quantitative estimate of drug-likeness (QED) is 0.667. The number of imide groups is 1. The summed E-state index contributed by atoms with van der Waals surface area (Å²) in [5.74, 6) is -0.927. The van der Waals surface area contributed by atoms with Gasteiger partial charge >= 0.3 is 0 Å². The lowest BCUT2D eigenvalue weighted by Gasteiger charge is -2.18. The van der Waals surface area contributed by atoms with E-state index in [4.69, 9.17) is 4.74 Å². The van der Waals surface area contributed by atoms with Crippen molar-refractivity contribution >= 4 is 17.7 Å². The maximum Gasteiger partial charge on any atom is 0.276 e. The van der Waals surface area contributed by atoms with E-state index in [2.05, 4.69) is 5.43 Å². The maximum atomic E-state index is 12.5. The average molecular weight is 326 g/mol. The van der Waals surface area contributed by atoms with Crippen molar-refractivity contribution in [2.45, 2.75) is 13.3 Å². The van der Waals surface area contributed by atoms with E-state index >= 15 is 0 Å². The van der Waals surface area contributed by atoms with E-state index in [9.17, 15) is 14.4 Å². The molecule has 1 heterocycles. The number of allylic oxidation sites excluding steroid dienone is 2. The van der Waals surface area contributed by atoms with Gasteiger partial charge in [0.25, 0.3) is 17.7 Å². The Bertz CT molecular complexity index is 710. The second-order valence-electron chi connectivity index (χ2n) is 6.65. The normalized spacial score (nSPS) is 30.0. The molecule has 4 rings (SSSR count). The van der Waals surface area contributed by atoms with E-state index in [0.29, 0.717) is 5.75 Å². The first-order valence-corrected chi connectivity index (χ1v) is 8.09. The molecule has 1 N–H and O–H groups in total. The summed E-state index contributed by atoms with van der Waals surface area (Å²) in [6, 6.07) is 7.29. The highest BCUT2D eigenvalue weighted by Gasteiger charge is 2.59. The van der Waals surface area contributed by atoms with Crippen LogP contribution in [0, 0.1) is 30.6 Å². The molecule has 0 unspecified atom stereocenters. The number of benzene rings is 1. The van der Waals surface area contributed by atoms with Gasteiger partial charge in [-0.15, -0.1) is 0 Å². The summed E-state index contributed by atoms with van der Waals surface area (Å²) < 4.78 is 5.38. The number of amides is 3. The number of aryl methyl sites for hydroxylation is 1. The number of hydrogen-bond acceptors (Lipinski definition) is 4. The number of fused-ring (bicyclic) bond motifs is 5. The van der Waals surface area contributed by atoms with Crippen molar-refractivity contribution in [1.29, 1.82) is 0 Å². The van der Waals surface area contributed by atoms with Gasteiger partial charge in [-0.1, -0.05) is 29.8 Å². The second-order valence-corrected chi connectivity index (χ2v) is 6.65. The van der Waals surface area contributed by atoms with Gasteiger partial charge in [-0.3, -0.25) is 19.8 Å². The van der Waals surface area contributed by atoms with E-state index in [1.54, 1.807) is 12.1 Å². The fraction of sp³-hybridized carbons (Fsp3) is 0.389. The van der Waals surface area contributed by atoms with E-state index in [0.717, 1.165) is 17.0 Å². The minimum atomic E-state index is -0.516. The molecule has 0 radical (unpaired) electrons. The van der Waals surface area contributed by atoms with Crippen molar-refractivity contribution in [3.8, 4) is 5.75 Å². The summed E-state index contributed by atoms with van der Waals surface area (Å²) in [5.41, 5.74) is 3.49. The lowest BCUT2D eigenvalue weighted by atomic mass is 9.85. The van der Waals surface area contributed by atoms with Gasteiger partial charge in [0.15, 0.2) is 6.61 Å². The van der Waals surface area contributed by atoms with Gasteiger partial charge in [-0.25, -0.2) is 0 Å². The predicted molar refractivity (Wildman–Crippen MR) is 84.4 cm³/mol. The third-order valence-corrected chi connectivity index (χ3v) is 5.10. The maximum absolute atomic E-state index is 12.5. The van der Waals surface area contributed by atoms with E-state index in [1.807, 2.05) is 31.2 Å². The molecule has 0 aromatic heterocycles. The molecule has 3 amide bonds. The Morgan fingerprint density at radius 3 is 2.29 bits per heavy atom. The van der Waals surface area contributed by atoms with Gasteiger partial charge < -0.3 is 4.74 Å². The number of rotatable bonds is 4. The van der Waals surface area contributed by atoms with Crippen LogP contribution >= 0.6 is 0 Å². The van der Waals surface area contributed by atoms with Crippen LogP contribution < -0.4 is 10.2 Å². The zero-order valence-corrected chi connectivity index (χ0v) is 13.3. The Morgan fingerprint density at radius 2 is 1.71 bits per heavy atom. The molecule has 1 saturated carbocycles. The molecule has 3 aliphatic rings. The van der Waals surface area contributed by atoms with Crippen LogP contribution in [0.2, 0.25) is 0 Å². The Hall–Kier alpha value is -2.63. The van der Waals surface area contributed by atoms with Crippen LogP contribution in [-0.2, 0) is 14.4 Å². The highest BCUT2D eigenvalue weighted by Crippen LogP contribution is 2.52. The van der Waals surface area contributed by atoms with Gasteiger partial charge in [-0.05, 0) is 37.3 Å². The lowest BCUT2D eigenvalue weighted by molar-refractivity contribution is -0.150. The van der Waals surface area contributed by atoms with Gasteiger partial charge in [0.1, 0.15) is 5.75 Å². The highest BCUT2D eigenvalue weighted by atomic mass is 16.5. The predicted octanol–water partition coefficient (Wildman–Crippen LogP) is 1.21. The highest BCUT2D eigenvalue weighted by molar-refractivity contribution is 6.07. The first kappa shape index (κ1) is 14.9. The minimum absolute atomic E-state index is 0.127. The van der Waals surface area contributed by atoms with Gasteiger partial charge in [-0.2, -0.15) is 5.01 Å². The van der Waals surface area contributed by atoms with Crippen LogP contribution in [0.5, 0.6) is 5.75 Å². The van der Waals surface area contributed by atoms with Crippen molar-refractivity contribution in [1.82, 2.24) is 10.4 Å². The Kier molecular flexibility index (Phi) is 3.40. The monoisotopic (exact) mass is 326 g/mol. The molecule has 2 fully saturated rings. The summed E-state index contributed by atoms with van der Waals surface area (Å²) in [5, 5.41) is 0.891. The third-order valence-electron chi connectivity index (χ3n) is 5.10. The van der Waals surface area contributed by atoms with Crippen molar-refractivity contribution in [2.75, 3.05) is 6.61 Å². The molecule has 2 aliphatic carbocycles. The van der Waals surface area contributed by atoms with Crippen molar-refractivity contribution in [3.63, 3.8) is 0 Å². The molecular formula is C18H18N2O4. The number of carbonyl (C=O) groups excluding carboxylic acids is 3. The third kappa shape index (κ3) is 2.29. The largest absolute Gasteiger partial charge is 0.484 e. The van der Waals surface area contributed by atoms with Crippen LogP contribution in [-0.4, -0.2) is 29.3 Å². The fourth-order valence-corrected chi connectivity index (χ4v) is 3.95. The topological polar surface area (TPSA) is 75.7 Å². The fourth-order valence-electron chi connectivity index (χ4n) is 3.95. The van der Waals surface area contributed by atoms with Crippen molar-refractivity contribution in [2.24, 2.45) is 23.7 Å². The first-order chi connectivity index (χ1) is 11.5. The van der Waals surface area contributed by atoms with E-state index < -0.39 is 5.91 Å². The number of nitrogens with one attached hydrogen (secondary N) is 1. The summed E-state index contributed by atoms with van der Waals surface area (Å²) in [6.45, 7) is 1.71. The molecule has 1 saturated heterocycles. The number of hydrazine groups is 1. The Morgan fingerprint density at radius 1 is 1.12 bits per heavy atom. The average Bonchev–Trinajstić information content (AvgIpc) is 3.24. The van der Waals surface area contributed by atoms with Crippen LogP contribution in [0.3, 0.4) is 0 Å². The molecule has 0 spiro atoms. The number of nitrogens with zero attached hydrogens (tertiary/aromatic N) is 1. The number of hydrogen-bond donors (Lipinski definition) is 1. The molecule has 124 valence electrons. The lowest BCUT2D eigenvalue weighted by Crippen LogP contribution is -2.48. The molecule has 2 bridgehead atoms. The van der Waals surface area contributed by atoms with Crippen molar-refractivity contribution < 1.29 is 19.1 Å². The molecule has 1 aromatic rings. The van der Waals surface area contributed by atoms with Gasteiger partial charge in [0, 0.05) is 0 Å². The second kappa shape index (κ2) is 5.47. The van der Waals surface area contributed by atoms with E-state index in [-0.39, 0.29) is 42.1 Å². The number of carbonyl (C=O) groups is 3. The molecular weight excluding hydrogens is 308 g/mol. The Labute approximate surface area is 139 Å². The van der Waals surface area contributed by atoms with Crippen LogP contribution in [0.4, 0.5) is 0 Å². The molecule has 1 aliphatic heterocycles. The molecule has 24 heavy (non-hydrogen) atoms. The van der Waals surface area contributed by atoms with Gasteiger partial charge in [0.2, 0.25) is 0 Å². The van der Waals surface area contributed by atoms with E-state index in [1.165, 1.54) is 0 Å². The van der Waals surface area contributed by atoms with Crippen LogP contribution in [0.15, 0.2) is 36.4 Å². The summed E-state index contributed by atoms with van der Waals surface area (Å²) in [6.07, 6.45) is 4.90. The standard InChI is InChI=1S/C18H18N2O4/c1-10-2-6-13(7-3-10)24-9-14(21)19-20-17(22)15-11-4-5-12(8-11)16(15)18(20)23/h2-7,11-12,15-16H,8-9H2,1H3,(H,19,21)/t11-,12+,15-,16+. The Balaban J connectivity index is 1.37. The summed E-state index contributed by atoms with van der Waals surface area (Å²) in [7, 11) is 0. The first-order valence-electron chi connectivity index (χ1n) is 8.09. The zero-order valence-electron chi connectivity index (χ0n) is 13.3.